The number of rotatable bonds is 10. The Morgan fingerprint density at radius 2 is 1.93 bits per heavy atom. The molecule has 12 heteroatoms. The number of nitrogens with one attached hydrogen (secondary N) is 3. The van der Waals surface area contributed by atoms with Gasteiger partial charge in [-0.1, -0.05) is 17.3 Å². The number of carbonyl (C=O) groups is 2. The molecular weight excluding hydrogens is 537 g/mol. The highest BCUT2D eigenvalue weighted by Gasteiger charge is 2.44. The second-order valence-corrected chi connectivity index (χ2v) is 11.2. The Balaban J connectivity index is 1.48. The van der Waals surface area contributed by atoms with Crippen LogP contribution >= 0.6 is 0 Å². The lowest BCUT2D eigenvalue weighted by molar-refractivity contribution is -0.130. The molecular formula is C30H36FN9O2. The average molecular weight is 574 g/mol. The zero-order valence-corrected chi connectivity index (χ0v) is 24.0. The van der Waals surface area contributed by atoms with Gasteiger partial charge in [0.05, 0.1) is 18.0 Å². The number of amides is 2. The predicted molar refractivity (Wildman–Crippen MR) is 153 cm³/mol. The molecule has 11 nitrogen and oxygen atoms in total. The SMILES string of the molecule is CN(C)CCNC(=O)c1ccc2c(c1)CCc1cc(F)ccc1C2(CCNCC(=O)N1CCC[C@H]1C#N)c1nn[nH]n1. The first-order valence-corrected chi connectivity index (χ1v) is 14.3. The average Bonchev–Trinajstić information content (AvgIpc) is 3.67. The van der Waals surface area contributed by atoms with E-state index in [9.17, 15) is 19.2 Å². The third kappa shape index (κ3) is 5.89. The lowest BCUT2D eigenvalue weighted by Gasteiger charge is -2.34. The van der Waals surface area contributed by atoms with Crippen LogP contribution in [0.5, 0.6) is 0 Å². The Hall–Kier alpha value is -4.21. The molecule has 0 saturated carbocycles. The van der Waals surface area contributed by atoms with Gasteiger partial charge >= 0.3 is 0 Å². The van der Waals surface area contributed by atoms with Crippen molar-refractivity contribution >= 4 is 11.8 Å². The number of aromatic nitrogens is 4. The van der Waals surface area contributed by atoms with Crippen LogP contribution in [0.2, 0.25) is 0 Å². The Morgan fingerprint density at radius 1 is 1.17 bits per heavy atom. The third-order valence-electron chi connectivity index (χ3n) is 8.26. The summed E-state index contributed by atoms with van der Waals surface area (Å²) < 4.78 is 14.5. The molecule has 5 rings (SSSR count). The molecule has 1 aromatic heterocycles. The summed E-state index contributed by atoms with van der Waals surface area (Å²) in [4.78, 5) is 29.5. The van der Waals surface area contributed by atoms with E-state index >= 15 is 0 Å². The van der Waals surface area contributed by atoms with Crippen LogP contribution in [0.1, 0.15) is 57.7 Å². The second-order valence-electron chi connectivity index (χ2n) is 11.2. The number of likely N-dealkylation sites (tertiary alicyclic amines) is 1. The molecule has 3 aromatic rings. The lowest BCUT2D eigenvalue weighted by Crippen LogP contribution is -2.42. The minimum atomic E-state index is -0.916. The van der Waals surface area contributed by atoms with Crippen molar-refractivity contribution < 1.29 is 14.0 Å². The molecule has 1 aliphatic carbocycles. The van der Waals surface area contributed by atoms with E-state index in [1.165, 1.54) is 6.07 Å². The van der Waals surface area contributed by atoms with Gasteiger partial charge in [0.2, 0.25) is 5.91 Å². The summed E-state index contributed by atoms with van der Waals surface area (Å²) in [6, 6.07) is 12.3. The summed E-state index contributed by atoms with van der Waals surface area (Å²) >= 11 is 0. The molecule has 1 fully saturated rings. The summed E-state index contributed by atoms with van der Waals surface area (Å²) in [6.07, 6.45) is 3.14. The second kappa shape index (κ2) is 12.8. The molecule has 0 spiro atoms. The van der Waals surface area contributed by atoms with Crippen molar-refractivity contribution in [2.75, 3.05) is 46.8 Å². The molecule has 2 aromatic carbocycles. The monoisotopic (exact) mass is 573 g/mol. The van der Waals surface area contributed by atoms with Crippen LogP contribution in [-0.4, -0.2) is 95.1 Å². The molecule has 220 valence electrons. The first-order chi connectivity index (χ1) is 20.3. The van der Waals surface area contributed by atoms with Crippen LogP contribution in [0.3, 0.4) is 0 Å². The number of carbonyl (C=O) groups excluding carboxylic acids is 2. The van der Waals surface area contributed by atoms with Gasteiger partial charge in [-0.2, -0.15) is 10.5 Å². The van der Waals surface area contributed by atoms with Crippen LogP contribution in [0.25, 0.3) is 0 Å². The third-order valence-corrected chi connectivity index (χ3v) is 8.26. The van der Waals surface area contributed by atoms with Gasteiger partial charge in [0.15, 0.2) is 5.82 Å². The van der Waals surface area contributed by atoms with Gasteiger partial charge in [0.1, 0.15) is 11.9 Å². The summed E-state index contributed by atoms with van der Waals surface area (Å²) in [5.74, 6) is -0.167. The number of halogens is 1. The zero-order chi connectivity index (χ0) is 29.7. The number of aromatic amines is 1. The molecule has 0 bridgehead atoms. The molecule has 2 atom stereocenters. The van der Waals surface area contributed by atoms with Gasteiger partial charge in [0, 0.05) is 25.2 Å². The molecule has 2 aliphatic rings. The topological polar surface area (TPSA) is 143 Å². The fraction of sp³-hybridized carbons (Fsp3) is 0.467. The fourth-order valence-electron chi connectivity index (χ4n) is 6.19. The Morgan fingerprint density at radius 3 is 2.64 bits per heavy atom. The van der Waals surface area contributed by atoms with Crippen molar-refractivity contribution in [3.8, 4) is 6.07 Å². The summed E-state index contributed by atoms with van der Waals surface area (Å²) in [6.45, 7) is 2.34. The predicted octanol–water partition coefficient (Wildman–Crippen LogP) is 1.56. The first-order valence-electron chi connectivity index (χ1n) is 14.3. The lowest BCUT2D eigenvalue weighted by atomic mass is 9.69. The van der Waals surface area contributed by atoms with E-state index in [0.29, 0.717) is 56.7 Å². The van der Waals surface area contributed by atoms with Gasteiger partial charge in [0.25, 0.3) is 5.91 Å². The number of benzene rings is 2. The Labute approximate surface area is 244 Å². The molecule has 3 N–H and O–H groups in total. The Bertz CT molecular complexity index is 1470. The van der Waals surface area contributed by atoms with Crippen molar-refractivity contribution in [1.29, 1.82) is 5.26 Å². The largest absolute Gasteiger partial charge is 0.351 e. The van der Waals surface area contributed by atoms with Gasteiger partial charge in [-0.25, -0.2) is 4.39 Å². The highest BCUT2D eigenvalue weighted by atomic mass is 19.1. The smallest absolute Gasteiger partial charge is 0.251 e. The molecule has 1 aliphatic heterocycles. The van der Waals surface area contributed by atoms with Crippen molar-refractivity contribution in [1.82, 2.24) is 41.1 Å². The number of H-pyrrole nitrogens is 1. The molecule has 42 heavy (non-hydrogen) atoms. The number of likely N-dealkylation sites (N-methyl/N-ethyl adjacent to an activating group) is 1. The van der Waals surface area contributed by atoms with Crippen LogP contribution in [0, 0.1) is 17.1 Å². The van der Waals surface area contributed by atoms with E-state index in [2.05, 4.69) is 37.3 Å². The van der Waals surface area contributed by atoms with Gasteiger partial charge in [-0.3, -0.25) is 9.59 Å². The van der Waals surface area contributed by atoms with E-state index in [-0.39, 0.29) is 30.2 Å². The highest BCUT2D eigenvalue weighted by Crippen LogP contribution is 2.46. The minimum Gasteiger partial charge on any atom is -0.351 e. The molecule has 2 amide bonds. The fourth-order valence-corrected chi connectivity index (χ4v) is 6.19. The van der Waals surface area contributed by atoms with Crippen molar-refractivity contribution in [3.63, 3.8) is 0 Å². The van der Waals surface area contributed by atoms with E-state index in [1.807, 2.05) is 31.1 Å². The first kappa shape index (κ1) is 29.3. The summed E-state index contributed by atoms with van der Waals surface area (Å²) in [5.41, 5.74) is 3.19. The van der Waals surface area contributed by atoms with Crippen molar-refractivity contribution in [3.05, 3.63) is 75.9 Å². The molecule has 2 heterocycles. The van der Waals surface area contributed by atoms with Crippen LogP contribution in [0.15, 0.2) is 36.4 Å². The standard InChI is InChI=1S/C30H36FN9O2/c1-39(2)15-13-34-28(42)22-7-9-25-20(16-22)5-6-21-17-23(31)8-10-26(21)30(25,29-35-37-38-36-29)11-12-33-19-27(41)40-14-3-4-24(40)18-32/h7-10,16-17,24,33H,3-6,11-15,19H2,1-2H3,(H,34,42)(H,35,36,37,38)/t24-,30?/m0/s1. The maximum atomic E-state index is 14.5. The number of hydrogen-bond donors (Lipinski definition) is 3. The maximum Gasteiger partial charge on any atom is 0.251 e. The van der Waals surface area contributed by atoms with E-state index in [1.54, 1.807) is 23.1 Å². The van der Waals surface area contributed by atoms with Crippen LogP contribution in [-0.2, 0) is 23.1 Å². The highest BCUT2D eigenvalue weighted by molar-refractivity contribution is 5.94. The van der Waals surface area contributed by atoms with Crippen molar-refractivity contribution in [2.24, 2.45) is 0 Å². The zero-order valence-electron chi connectivity index (χ0n) is 24.0. The summed E-state index contributed by atoms with van der Waals surface area (Å²) in [7, 11) is 3.90. The normalized spacial score (nSPS) is 19.6. The summed E-state index contributed by atoms with van der Waals surface area (Å²) in [5, 5.41) is 30.9. The number of nitriles is 1. The molecule has 1 saturated heterocycles. The van der Waals surface area contributed by atoms with Gasteiger partial charge in [-0.15, -0.1) is 10.2 Å². The molecule has 0 radical (unpaired) electrons. The molecule has 1 unspecified atom stereocenters. The number of hydrogen-bond acceptors (Lipinski definition) is 8. The van der Waals surface area contributed by atoms with Crippen molar-refractivity contribution in [2.45, 2.75) is 43.6 Å². The van der Waals surface area contributed by atoms with E-state index in [0.717, 1.165) is 35.2 Å². The van der Waals surface area contributed by atoms with Crippen LogP contribution < -0.4 is 10.6 Å². The minimum absolute atomic E-state index is 0.0930. The maximum absolute atomic E-state index is 14.5. The number of tetrazole rings is 1. The van der Waals surface area contributed by atoms with Gasteiger partial charge < -0.3 is 20.4 Å². The number of nitrogens with zero attached hydrogens (tertiary/aromatic N) is 6. The quantitative estimate of drug-likeness (QED) is 0.310. The Kier molecular flexibility index (Phi) is 8.89. The van der Waals surface area contributed by atoms with E-state index < -0.39 is 5.41 Å². The number of fused-ring (bicyclic) bond motifs is 2. The van der Waals surface area contributed by atoms with Crippen LogP contribution in [0.4, 0.5) is 4.39 Å². The van der Waals surface area contributed by atoms with Gasteiger partial charge in [-0.05, 0) is 99.3 Å². The number of aryl methyl sites for hydroxylation is 2. The van der Waals surface area contributed by atoms with E-state index in [4.69, 9.17) is 0 Å².